The fourth-order valence-corrected chi connectivity index (χ4v) is 4.93. The molecule has 6 rings (SSSR count). The van der Waals surface area contributed by atoms with Gasteiger partial charge in [-0.05, 0) is 90.1 Å². The number of halogens is 1. The number of hydrogen-bond acceptors (Lipinski definition) is 5. The molecule has 8 heteroatoms. The molecule has 1 unspecified atom stereocenters. The van der Waals surface area contributed by atoms with E-state index in [0.717, 1.165) is 16.8 Å². The number of nitrogens with one attached hydrogen (secondary N) is 2. The van der Waals surface area contributed by atoms with Crippen LogP contribution in [0.25, 0.3) is 5.57 Å². The number of fused-ring (bicyclic) bond motifs is 1. The van der Waals surface area contributed by atoms with Gasteiger partial charge in [-0.2, -0.15) is 0 Å². The molecule has 0 bridgehead atoms. The zero-order chi connectivity index (χ0) is 27.6. The summed E-state index contributed by atoms with van der Waals surface area (Å²) in [6, 6.07) is 29.7. The summed E-state index contributed by atoms with van der Waals surface area (Å²) >= 11 is 5.37. The second-order valence-electron chi connectivity index (χ2n) is 9.21. The van der Waals surface area contributed by atoms with Crippen molar-refractivity contribution < 1.29 is 18.7 Å². The van der Waals surface area contributed by atoms with Gasteiger partial charge in [0.25, 0.3) is 11.8 Å². The van der Waals surface area contributed by atoms with Gasteiger partial charge in [0.15, 0.2) is 5.11 Å². The highest BCUT2D eigenvalue weighted by Crippen LogP contribution is 2.37. The number of ether oxygens (including phenoxy) is 1. The zero-order valence-corrected chi connectivity index (χ0v) is 21.8. The van der Waals surface area contributed by atoms with Gasteiger partial charge in [0.1, 0.15) is 22.9 Å². The highest BCUT2D eigenvalue weighted by Gasteiger charge is 2.35. The number of amides is 2. The molecule has 2 aliphatic rings. The molecule has 196 valence electrons. The molecular weight excluding hydrogens is 525 g/mol. The van der Waals surface area contributed by atoms with Crippen LogP contribution in [-0.2, 0) is 9.59 Å². The van der Waals surface area contributed by atoms with Crippen LogP contribution in [0.15, 0.2) is 121 Å². The van der Waals surface area contributed by atoms with Crippen LogP contribution < -0.4 is 20.3 Å². The van der Waals surface area contributed by atoms with E-state index in [1.165, 1.54) is 17.0 Å². The fourth-order valence-electron chi connectivity index (χ4n) is 4.65. The van der Waals surface area contributed by atoms with Crippen LogP contribution in [-0.4, -0.2) is 16.9 Å². The maximum atomic E-state index is 13.7. The van der Waals surface area contributed by atoms with Crippen molar-refractivity contribution in [3.05, 3.63) is 138 Å². The van der Waals surface area contributed by atoms with Crippen molar-refractivity contribution >= 4 is 46.1 Å². The number of thiocarbonyl (C=S) groups is 1. The SMILES string of the molecule is O=C1NC(=S)N(c2ccc(Oc3ccccc3)cc2)C(=O)/C1=C/C1=CC(c2ccc(F)cc2)Nc2ccccc21. The fraction of sp³-hybridized carbons (Fsp3) is 0.0312. The predicted molar refractivity (Wildman–Crippen MR) is 156 cm³/mol. The smallest absolute Gasteiger partial charge is 0.270 e. The van der Waals surface area contributed by atoms with E-state index >= 15 is 0 Å². The topological polar surface area (TPSA) is 70.7 Å². The van der Waals surface area contributed by atoms with Gasteiger partial charge in [0.05, 0.1) is 11.7 Å². The van der Waals surface area contributed by atoms with Crippen LogP contribution in [0.4, 0.5) is 15.8 Å². The molecule has 4 aromatic carbocycles. The number of allylic oxidation sites excluding steroid dienone is 2. The first-order chi connectivity index (χ1) is 19.5. The second kappa shape index (κ2) is 10.6. The molecule has 4 aromatic rings. The first-order valence-electron chi connectivity index (χ1n) is 12.5. The van der Waals surface area contributed by atoms with E-state index in [1.807, 2.05) is 60.7 Å². The largest absolute Gasteiger partial charge is 0.457 e. The molecule has 1 atom stereocenters. The molecule has 0 spiro atoms. The summed E-state index contributed by atoms with van der Waals surface area (Å²) in [7, 11) is 0. The third kappa shape index (κ3) is 5.00. The summed E-state index contributed by atoms with van der Waals surface area (Å²) < 4.78 is 19.4. The molecule has 6 nitrogen and oxygen atoms in total. The summed E-state index contributed by atoms with van der Waals surface area (Å²) in [5, 5.41) is 6.06. The van der Waals surface area contributed by atoms with Gasteiger partial charge in [0.2, 0.25) is 0 Å². The van der Waals surface area contributed by atoms with Gasteiger partial charge >= 0.3 is 0 Å². The molecule has 1 saturated heterocycles. The Labute approximate surface area is 235 Å². The van der Waals surface area contributed by atoms with E-state index in [9.17, 15) is 14.0 Å². The van der Waals surface area contributed by atoms with Crippen molar-refractivity contribution in [2.24, 2.45) is 0 Å². The molecule has 0 radical (unpaired) electrons. The lowest BCUT2D eigenvalue weighted by Gasteiger charge is -2.30. The average Bonchev–Trinajstić information content (AvgIpc) is 2.97. The van der Waals surface area contributed by atoms with E-state index in [1.54, 1.807) is 42.5 Å². The number of hydrogen-bond donors (Lipinski definition) is 2. The summed E-state index contributed by atoms with van der Waals surface area (Å²) in [6.07, 6.45) is 3.49. The predicted octanol–water partition coefficient (Wildman–Crippen LogP) is 6.54. The Morgan fingerprint density at radius 3 is 2.25 bits per heavy atom. The molecule has 2 N–H and O–H groups in total. The normalized spacial score (nSPS) is 17.6. The Balaban J connectivity index is 1.33. The van der Waals surface area contributed by atoms with Crippen LogP contribution >= 0.6 is 12.2 Å². The van der Waals surface area contributed by atoms with Gasteiger partial charge in [-0.1, -0.05) is 48.5 Å². The van der Waals surface area contributed by atoms with Gasteiger partial charge in [-0.25, -0.2) is 4.39 Å². The monoisotopic (exact) mass is 547 g/mol. The zero-order valence-electron chi connectivity index (χ0n) is 21.0. The lowest BCUT2D eigenvalue weighted by atomic mass is 9.91. The van der Waals surface area contributed by atoms with Crippen molar-refractivity contribution in [3.8, 4) is 11.5 Å². The van der Waals surface area contributed by atoms with E-state index in [0.29, 0.717) is 22.8 Å². The lowest BCUT2D eigenvalue weighted by Crippen LogP contribution is -2.54. The molecule has 2 aliphatic heterocycles. The third-order valence-corrected chi connectivity index (χ3v) is 6.88. The summed E-state index contributed by atoms with van der Waals surface area (Å²) in [5.41, 5.74) is 3.62. The van der Waals surface area contributed by atoms with Crippen LogP contribution in [0.5, 0.6) is 11.5 Å². The minimum atomic E-state index is -0.578. The van der Waals surface area contributed by atoms with Crippen molar-refractivity contribution in [3.63, 3.8) is 0 Å². The first kappa shape index (κ1) is 25.2. The van der Waals surface area contributed by atoms with E-state index in [4.69, 9.17) is 17.0 Å². The Hall–Kier alpha value is -5.08. The van der Waals surface area contributed by atoms with Gasteiger partial charge in [0, 0.05) is 11.3 Å². The number of nitrogens with zero attached hydrogens (tertiary/aromatic N) is 1. The molecule has 2 amide bonds. The minimum absolute atomic E-state index is 0.00671. The Bertz CT molecular complexity index is 1680. The van der Waals surface area contributed by atoms with Crippen molar-refractivity contribution in [1.29, 1.82) is 0 Å². The molecule has 2 heterocycles. The Morgan fingerprint density at radius 2 is 1.50 bits per heavy atom. The third-order valence-electron chi connectivity index (χ3n) is 6.60. The Morgan fingerprint density at radius 1 is 0.825 bits per heavy atom. The number of anilines is 2. The summed E-state index contributed by atoms with van der Waals surface area (Å²) in [4.78, 5) is 28.0. The molecule has 40 heavy (non-hydrogen) atoms. The average molecular weight is 548 g/mol. The Kier molecular flexibility index (Phi) is 6.67. The van der Waals surface area contributed by atoms with Crippen LogP contribution in [0.3, 0.4) is 0 Å². The number of benzene rings is 4. The van der Waals surface area contributed by atoms with Crippen LogP contribution in [0, 0.1) is 5.82 Å². The second-order valence-corrected chi connectivity index (χ2v) is 9.59. The van der Waals surface area contributed by atoms with Crippen molar-refractivity contribution in [1.82, 2.24) is 5.32 Å². The van der Waals surface area contributed by atoms with Gasteiger partial charge < -0.3 is 10.1 Å². The number of para-hydroxylation sites is 2. The van der Waals surface area contributed by atoms with E-state index in [2.05, 4.69) is 10.6 Å². The summed E-state index contributed by atoms with van der Waals surface area (Å²) in [6.45, 7) is 0. The quantitative estimate of drug-likeness (QED) is 0.169. The van der Waals surface area contributed by atoms with Crippen molar-refractivity contribution in [2.75, 3.05) is 10.2 Å². The lowest BCUT2D eigenvalue weighted by molar-refractivity contribution is -0.122. The number of carbonyl (C=O) groups excluding carboxylic acids is 2. The number of carbonyl (C=O) groups is 2. The standard InChI is InChI=1S/C32H22FN3O3S/c33-22-12-10-20(11-13-22)29-19-21(26-8-4-5-9-28(26)34-29)18-27-30(37)35-32(40)36(31(27)38)23-14-16-25(17-15-23)39-24-6-2-1-3-7-24/h1-19,29,34H,(H,35,37,40)/b27-18+. The maximum absolute atomic E-state index is 13.7. The molecule has 0 aromatic heterocycles. The summed E-state index contributed by atoms with van der Waals surface area (Å²) in [5.74, 6) is -0.169. The van der Waals surface area contributed by atoms with Crippen LogP contribution in [0.1, 0.15) is 17.2 Å². The minimum Gasteiger partial charge on any atom is -0.457 e. The first-order valence-corrected chi connectivity index (χ1v) is 12.9. The van der Waals surface area contributed by atoms with Gasteiger partial charge in [-0.15, -0.1) is 0 Å². The van der Waals surface area contributed by atoms with E-state index in [-0.39, 0.29) is 22.5 Å². The highest BCUT2D eigenvalue weighted by molar-refractivity contribution is 7.80. The molecule has 0 saturated carbocycles. The van der Waals surface area contributed by atoms with Crippen molar-refractivity contribution in [2.45, 2.75) is 6.04 Å². The number of rotatable bonds is 5. The molecular formula is C32H22FN3O3S. The van der Waals surface area contributed by atoms with Crippen LogP contribution in [0.2, 0.25) is 0 Å². The van der Waals surface area contributed by atoms with E-state index < -0.39 is 11.8 Å². The molecule has 0 aliphatic carbocycles. The maximum Gasteiger partial charge on any atom is 0.270 e. The van der Waals surface area contributed by atoms with Gasteiger partial charge in [-0.3, -0.25) is 19.8 Å². The highest BCUT2D eigenvalue weighted by atomic mass is 32.1. The molecule has 1 fully saturated rings.